The van der Waals surface area contributed by atoms with Crippen molar-refractivity contribution >= 4 is 17.5 Å². The lowest BCUT2D eigenvalue weighted by atomic mass is 9.72. The number of alkyl halides is 3. The van der Waals surface area contributed by atoms with Crippen LogP contribution in [0.25, 0.3) is 0 Å². The minimum Gasteiger partial charge on any atom is -0.472 e. The number of nitrogens with one attached hydrogen (secondary N) is 1. The van der Waals surface area contributed by atoms with Gasteiger partial charge in [0, 0.05) is 69.1 Å². The monoisotopic (exact) mass is 527 g/mol. The fourth-order valence-corrected chi connectivity index (χ4v) is 4.76. The second kappa shape index (κ2) is 10.4. The van der Waals surface area contributed by atoms with E-state index in [2.05, 4.69) is 30.4 Å². The van der Waals surface area contributed by atoms with Crippen molar-refractivity contribution < 1.29 is 22.7 Å². The smallest absolute Gasteiger partial charge is 0.433 e. The van der Waals surface area contributed by atoms with E-state index in [4.69, 9.17) is 4.74 Å². The molecule has 200 valence electrons. The third-order valence-electron chi connectivity index (χ3n) is 7.07. The van der Waals surface area contributed by atoms with E-state index in [1.807, 2.05) is 23.2 Å². The van der Waals surface area contributed by atoms with Gasteiger partial charge in [-0.2, -0.15) is 13.2 Å². The maximum absolute atomic E-state index is 12.6. The summed E-state index contributed by atoms with van der Waals surface area (Å²) in [6.07, 6.45) is 0.587. The molecular formula is C26H28F3N7O2. The number of halogens is 3. The van der Waals surface area contributed by atoms with Crippen molar-refractivity contribution in [3.8, 4) is 5.88 Å². The number of amides is 1. The van der Waals surface area contributed by atoms with Crippen LogP contribution < -0.4 is 15.0 Å². The van der Waals surface area contributed by atoms with Crippen molar-refractivity contribution in [2.75, 3.05) is 36.4 Å². The Morgan fingerprint density at radius 1 is 1.00 bits per heavy atom. The van der Waals surface area contributed by atoms with Crippen molar-refractivity contribution in [3.63, 3.8) is 0 Å². The summed E-state index contributed by atoms with van der Waals surface area (Å²) in [4.78, 5) is 23.8. The van der Waals surface area contributed by atoms with Gasteiger partial charge in [-0.1, -0.05) is 12.1 Å². The van der Waals surface area contributed by atoms with Crippen LogP contribution in [0, 0.1) is 5.41 Å². The Morgan fingerprint density at radius 3 is 2.32 bits per heavy atom. The van der Waals surface area contributed by atoms with E-state index in [1.54, 1.807) is 19.1 Å². The molecule has 0 bridgehead atoms. The van der Waals surface area contributed by atoms with Crippen LogP contribution in [0.15, 0.2) is 48.8 Å². The van der Waals surface area contributed by atoms with E-state index in [1.165, 1.54) is 6.07 Å². The zero-order valence-electron chi connectivity index (χ0n) is 20.9. The fourth-order valence-electron chi connectivity index (χ4n) is 4.76. The molecule has 9 nitrogen and oxygen atoms in total. The molecule has 2 aliphatic heterocycles. The average Bonchev–Trinajstić information content (AvgIpc) is 2.90. The van der Waals surface area contributed by atoms with Crippen LogP contribution in [0.2, 0.25) is 0 Å². The zero-order valence-corrected chi connectivity index (χ0v) is 20.9. The molecule has 0 atom stereocenters. The van der Waals surface area contributed by atoms with Crippen LogP contribution in [0.4, 0.5) is 24.8 Å². The molecule has 3 aromatic heterocycles. The molecule has 0 aliphatic carbocycles. The van der Waals surface area contributed by atoms with Gasteiger partial charge in [-0.15, -0.1) is 10.2 Å². The van der Waals surface area contributed by atoms with Gasteiger partial charge in [-0.05, 0) is 36.6 Å². The number of carbonyl (C=O) groups is 1. The predicted molar refractivity (Wildman–Crippen MR) is 133 cm³/mol. The highest BCUT2D eigenvalue weighted by Crippen LogP contribution is 2.42. The van der Waals surface area contributed by atoms with Gasteiger partial charge in [0.25, 0.3) is 0 Å². The van der Waals surface area contributed by atoms with E-state index in [0.717, 1.165) is 62.7 Å². The Labute approximate surface area is 218 Å². The standard InChI is InChI=1S/C26H28F3N7O2/c1-18(37)35-10-8-25(9-11-35)16-36(17-25)23-6-3-19(13-32-23)12-31-22-5-7-24(34-33-22)38-15-20-2-4-21(30-14-20)26(27,28)29/h2-7,13-14H,8-12,15-17H2,1H3,(H,31,33). The van der Waals surface area contributed by atoms with Crippen molar-refractivity contribution in [1.29, 1.82) is 0 Å². The lowest BCUT2D eigenvalue weighted by Gasteiger charge is -2.54. The van der Waals surface area contributed by atoms with E-state index in [0.29, 0.717) is 23.3 Å². The van der Waals surface area contributed by atoms with E-state index < -0.39 is 11.9 Å². The number of carbonyl (C=O) groups excluding carboxylic acids is 1. The van der Waals surface area contributed by atoms with Gasteiger partial charge in [-0.3, -0.25) is 9.78 Å². The topological polar surface area (TPSA) is 96.4 Å². The molecule has 1 N–H and O–H groups in total. The average molecular weight is 528 g/mol. The number of ether oxygens (including phenoxy) is 1. The first-order valence-corrected chi connectivity index (χ1v) is 12.4. The van der Waals surface area contributed by atoms with Gasteiger partial charge >= 0.3 is 6.18 Å². The molecule has 2 saturated heterocycles. The molecule has 1 amide bonds. The van der Waals surface area contributed by atoms with Crippen molar-refractivity contribution in [2.45, 2.75) is 39.1 Å². The summed E-state index contributed by atoms with van der Waals surface area (Å²) in [5.74, 6) is 1.92. The summed E-state index contributed by atoms with van der Waals surface area (Å²) in [7, 11) is 0. The van der Waals surface area contributed by atoms with Crippen LogP contribution in [-0.4, -0.2) is 57.2 Å². The Bertz CT molecular complexity index is 1240. The van der Waals surface area contributed by atoms with Gasteiger partial charge in [0.2, 0.25) is 11.8 Å². The third kappa shape index (κ3) is 5.95. The Hall–Kier alpha value is -3.96. The van der Waals surface area contributed by atoms with Gasteiger partial charge < -0.3 is 19.9 Å². The maximum atomic E-state index is 12.6. The SMILES string of the molecule is CC(=O)N1CCC2(CC1)CN(c1ccc(CNc3ccc(OCc4ccc(C(F)(F)F)nc4)nn3)cn1)C2. The van der Waals surface area contributed by atoms with E-state index in [-0.39, 0.29) is 18.4 Å². The van der Waals surface area contributed by atoms with Crippen LogP contribution in [0.5, 0.6) is 5.88 Å². The quantitative estimate of drug-likeness (QED) is 0.494. The Morgan fingerprint density at radius 2 is 1.74 bits per heavy atom. The number of rotatable bonds is 7. The van der Waals surface area contributed by atoms with E-state index in [9.17, 15) is 18.0 Å². The lowest BCUT2D eigenvalue weighted by Crippen LogP contribution is -2.61. The molecule has 0 unspecified atom stereocenters. The molecule has 5 heterocycles. The minimum absolute atomic E-state index is 0.0274. The highest BCUT2D eigenvalue weighted by molar-refractivity contribution is 5.73. The highest BCUT2D eigenvalue weighted by atomic mass is 19.4. The van der Waals surface area contributed by atoms with Gasteiger partial charge in [0.05, 0.1) is 0 Å². The van der Waals surface area contributed by atoms with Crippen molar-refractivity contribution in [1.82, 2.24) is 25.1 Å². The number of aromatic nitrogens is 4. The second-order valence-electron chi connectivity index (χ2n) is 9.84. The summed E-state index contributed by atoms with van der Waals surface area (Å²) in [6, 6.07) is 9.63. The molecule has 12 heteroatoms. The van der Waals surface area contributed by atoms with Crippen molar-refractivity contribution in [3.05, 3.63) is 65.6 Å². The van der Waals surface area contributed by atoms with Gasteiger partial charge in [0.15, 0.2) is 0 Å². The van der Waals surface area contributed by atoms with Crippen LogP contribution in [0.1, 0.15) is 36.6 Å². The minimum atomic E-state index is -4.47. The summed E-state index contributed by atoms with van der Waals surface area (Å²) >= 11 is 0. The van der Waals surface area contributed by atoms with Gasteiger partial charge in [0.1, 0.15) is 23.9 Å². The lowest BCUT2D eigenvalue weighted by molar-refractivity contribution is -0.141. The third-order valence-corrected chi connectivity index (χ3v) is 7.07. The number of nitrogens with zero attached hydrogens (tertiary/aromatic N) is 6. The molecule has 3 aromatic rings. The van der Waals surface area contributed by atoms with Crippen LogP contribution in [0.3, 0.4) is 0 Å². The number of piperidine rings is 1. The van der Waals surface area contributed by atoms with E-state index >= 15 is 0 Å². The van der Waals surface area contributed by atoms with Crippen molar-refractivity contribution in [2.24, 2.45) is 5.41 Å². The Balaban J connectivity index is 1.05. The predicted octanol–water partition coefficient (Wildman–Crippen LogP) is 3.93. The maximum Gasteiger partial charge on any atom is 0.433 e. The Kier molecular flexibility index (Phi) is 7.04. The number of pyridine rings is 2. The molecule has 38 heavy (non-hydrogen) atoms. The fraction of sp³-hybridized carbons (Fsp3) is 0.423. The first kappa shape index (κ1) is 25.7. The molecule has 2 aliphatic rings. The van der Waals surface area contributed by atoms with Gasteiger partial charge in [-0.25, -0.2) is 4.98 Å². The largest absolute Gasteiger partial charge is 0.472 e. The van der Waals surface area contributed by atoms with Crippen LogP contribution >= 0.6 is 0 Å². The summed E-state index contributed by atoms with van der Waals surface area (Å²) < 4.78 is 43.3. The number of hydrogen-bond donors (Lipinski definition) is 1. The highest BCUT2D eigenvalue weighted by Gasteiger charge is 2.45. The summed E-state index contributed by atoms with van der Waals surface area (Å²) in [5, 5.41) is 11.3. The number of hydrogen-bond acceptors (Lipinski definition) is 8. The summed E-state index contributed by atoms with van der Waals surface area (Å²) in [6.45, 7) is 5.81. The number of likely N-dealkylation sites (tertiary alicyclic amines) is 1. The molecule has 1 spiro atoms. The second-order valence-corrected chi connectivity index (χ2v) is 9.84. The number of anilines is 2. The molecule has 0 aromatic carbocycles. The first-order chi connectivity index (χ1) is 18.2. The molecule has 2 fully saturated rings. The molecule has 5 rings (SSSR count). The first-order valence-electron chi connectivity index (χ1n) is 12.4. The normalized spacial score (nSPS) is 16.7. The van der Waals surface area contributed by atoms with Crippen LogP contribution in [-0.2, 0) is 24.1 Å². The molecular weight excluding hydrogens is 499 g/mol. The molecule has 0 saturated carbocycles. The molecule has 0 radical (unpaired) electrons. The zero-order chi connectivity index (χ0) is 26.8. The summed E-state index contributed by atoms with van der Waals surface area (Å²) in [5.41, 5.74) is 0.843.